The fourth-order valence-corrected chi connectivity index (χ4v) is 2.94. The van der Waals surface area contributed by atoms with Crippen LogP contribution in [0.2, 0.25) is 0 Å². The number of fused-ring (bicyclic) bond motifs is 1. The highest BCUT2D eigenvalue weighted by molar-refractivity contribution is 7.87. The molecule has 0 heterocycles. The van der Waals surface area contributed by atoms with Crippen molar-refractivity contribution in [3.05, 3.63) is 29.3 Å². The van der Waals surface area contributed by atoms with Gasteiger partial charge in [0.2, 0.25) is 0 Å². The van der Waals surface area contributed by atoms with E-state index >= 15 is 0 Å². The van der Waals surface area contributed by atoms with Gasteiger partial charge in [0.1, 0.15) is 12.4 Å². The molecular weight excluding hydrogens is 276 g/mol. The molecule has 1 N–H and O–H groups in total. The highest BCUT2D eigenvalue weighted by Crippen LogP contribution is 2.29. The number of aryl methyl sites for hydroxylation is 1. The summed E-state index contributed by atoms with van der Waals surface area (Å²) in [6, 6.07) is 6.12. The molecule has 0 unspecified atom stereocenters. The van der Waals surface area contributed by atoms with E-state index in [1.54, 1.807) is 0 Å². The second kappa shape index (κ2) is 6.56. The lowest BCUT2D eigenvalue weighted by Gasteiger charge is -2.19. The summed E-state index contributed by atoms with van der Waals surface area (Å²) in [4.78, 5) is 0. The number of hydrogen-bond acceptors (Lipinski definition) is 3. The Kier molecular flexibility index (Phi) is 5.01. The summed E-state index contributed by atoms with van der Waals surface area (Å²) in [5.41, 5.74) is 2.65. The van der Waals surface area contributed by atoms with Crippen LogP contribution in [0.3, 0.4) is 0 Å². The molecule has 6 heteroatoms. The van der Waals surface area contributed by atoms with Crippen molar-refractivity contribution in [2.24, 2.45) is 0 Å². The second-order valence-electron chi connectivity index (χ2n) is 5.13. The van der Waals surface area contributed by atoms with Crippen LogP contribution in [0.1, 0.15) is 24.0 Å². The fourth-order valence-electron chi connectivity index (χ4n) is 2.34. The average Bonchev–Trinajstić information content (AvgIpc) is 2.43. The average molecular weight is 298 g/mol. The molecule has 1 aromatic carbocycles. The van der Waals surface area contributed by atoms with E-state index in [0.717, 1.165) is 22.9 Å². The van der Waals surface area contributed by atoms with Crippen molar-refractivity contribution in [1.29, 1.82) is 0 Å². The number of benzene rings is 1. The molecule has 0 aromatic heterocycles. The fraction of sp³-hybridized carbons (Fsp3) is 0.571. The zero-order valence-electron chi connectivity index (χ0n) is 12.1. The van der Waals surface area contributed by atoms with Crippen LogP contribution in [0.25, 0.3) is 0 Å². The van der Waals surface area contributed by atoms with Crippen molar-refractivity contribution >= 4 is 10.2 Å². The Bertz CT molecular complexity index is 556. The Morgan fingerprint density at radius 2 is 2.00 bits per heavy atom. The predicted molar refractivity (Wildman–Crippen MR) is 79.2 cm³/mol. The molecule has 0 saturated carbocycles. The number of ether oxygens (including phenoxy) is 1. The monoisotopic (exact) mass is 298 g/mol. The van der Waals surface area contributed by atoms with Gasteiger partial charge >= 0.3 is 0 Å². The number of hydrogen-bond donors (Lipinski definition) is 1. The Hall–Kier alpha value is -1.11. The summed E-state index contributed by atoms with van der Waals surface area (Å²) >= 11 is 0. The highest BCUT2D eigenvalue weighted by atomic mass is 32.2. The standard InChI is InChI=1S/C14H22N2O3S/c1-16(2)20(17,18)15-10-11-19-14-9-5-7-12-6-3-4-8-13(12)14/h5,7,9,15H,3-4,6,8,10-11H2,1-2H3. The minimum atomic E-state index is -3.37. The first-order chi connectivity index (χ1) is 9.50. The molecule has 0 amide bonds. The van der Waals surface area contributed by atoms with Crippen molar-refractivity contribution < 1.29 is 13.2 Å². The molecule has 0 radical (unpaired) electrons. The third kappa shape index (κ3) is 3.71. The summed E-state index contributed by atoms with van der Waals surface area (Å²) in [6.45, 7) is 0.605. The molecule has 0 spiro atoms. The van der Waals surface area contributed by atoms with Crippen LogP contribution in [0, 0.1) is 0 Å². The Morgan fingerprint density at radius 3 is 2.75 bits per heavy atom. The van der Waals surface area contributed by atoms with Crippen molar-refractivity contribution in [3.8, 4) is 5.75 Å². The van der Waals surface area contributed by atoms with E-state index in [1.165, 1.54) is 38.1 Å². The number of nitrogens with zero attached hydrogens (tertiary/aromatic N) is 1. The number of rotatable bonds is 6. The lowest BCUT2D eigenvalue weighted by molar-refractivity contribution is 0.316. The van der Waals surface area contributed by atoms with Crippen molar-refractivity contribution in [1.82, 2.24) is 9.03 Å². The molecule has 1 aromatic rings. The predicted octanol–water partition coefficient (Wildman–Crippen LogP) is 1.34. The molecule has 20 heavy (non-hydrogen) atoms. The van der Waals surface area contributed by atoms with E-state index in [-0.39, 0.29) is 6.54 Å². The summed E-state index contributed by atoms with van der Waals surface area (Å²) in [7, 11) is -0.373. The van der Waals surface area contributed by atoms with Gasteiger partial charge in [0.25, 0.3) is 10.2 Å². The van der Waals surface area contributed by atoms with Crippen molar-refractivity contribution in [2.45, 2.75) is 25.7 Å². The van der Waals surface area contributed by atoms with E-state index in [2.05, 4.69) is 10.8 Å². The van der Waals surface area contributed by atoms with Gasteiger partial charge in [0.15, 0.2) is 0 Å². The third-order valence-corrected chi connectivity index (χ3v) is 5.01. The van der Waals surface area contributed by atoms with Crippen molar-refractivity contribution in [2.75, 3.05) is 27.2 Å². The molecule has 0 atom stereocenters. The molecule has 0 aliphatic heterocycles. The Morgan fingerprint density at radius 1 is 1.25 bits per heavy atom. The van der Waals surface area contributed by atoms with Gasteiger partial charge in [-0.05, 0) is 42.9 Å². The molecular formula is C14H22N2O3S. The SMILES string of the molecule is CN(C)S(=O)(=O)NCCOc1cccc2c1CCCC2. The van der Waals surface area contributed by atoms with Gasteiger partial charge in [0.05, 0.1) is 0 Å². The first kappa shape index (κ1) is 15.3. The first-order valence-electron chi connectivity index (χ1n) is 6.91. The van der Waals surface area contributed by atoms with E-state index < -0.39 is 10.2 Å². The minimum absolute atomic E-state index is 0.268. The molecule has 112 valence electrons. The molecule has 2 rings (SSSR count). The third-order valence-electron chi connectivity index (χ3n) is 3.48. The zero-order valence-corrected chi connectivity index (χ0v) is 12.9. The maximum absolute atomic E-state index is 11.5. The van der Waals surface area contributed by atoms with Crippen LogP contribution >= 0.6 is 0 Å². The summed E-state index contributed by atoms with van der Waals surface area (Å²) in [5.74, 6) is 0.895. The van der Waals surface area contributed by atoms with Gasteiger partial charge in [-0.15, -0.1) is 0 Å². The van der Waals surface area contributed by atoms with Gasteiger partial charge in [-0.1, -0.05) is 12.1 Å². The molecule has 0 saturated heterocycles. The minimum Gasteiger partial charge on any atom is -0.492 e. The Labute approximate surface area is 121 Å². The van der Waals surface area contributed by atoms with E-state index in [4.69, 9.17) is 4.74 Å². The second-order valence-corrected chi connectivity index (χ2v) is 7.10. The molecule has 1 aliphatic rings. The lowest BCUT2D eigenvalue weighted by atomic mass is 9.91. The Balaban J connectivity index is 1.89. The topological polar surface area (TPSA) is 58.6 Å². The van der Waals surface area contributed by atoms with Gasteiger partial charge in [-0.2, -0.15) is 17.4 Å². The summed E-state index contributed by atoms with van der Waals surface area (Å²) in [6.07, 6.45) is 4.59. The van der Waals surface area contributed by atoms with E-state index in [9.17, 15) is 8.42 Å². The van der Waals surface area contributed by atoms with Gasteiger partial charge in [-0.3, -0.25) is 0 Å². The smallest absolute Gasteiger partial charge is 0.279 e. The van der Waals surface area contributed by atoms with Crippen LogP contribution < -0.4 is 9.46 Å². The lowest BCUT2D eigenvalue weighted by Crippen LogP contribution is -2.37. The quantitative estimate of drug-likeness (QED) is 0.806. The van der Waals surface area contributed by atoms with Crippen LogP contribution in [-0.4, -0.2) is 40.0 Å². The van der Waals surface area contributed by atoms with Gasteiger partial charge in [0, 0.05) is 20.6 Å². The van der Waals surface area contributed by atoms with Crippen LogP contribution in [0.15, 0.2) is 18.2 Å². The van der Waals surface area contributed by atoms with Gasteiger partial charge in [-0.25, -0.2) is 0 Å². The maximum atomic E-state index is 11.5. The van der Waals surface area contributed by atoms with E-state index in [0.29, 0.717) is 6.61 Å². The van der Waals surface area contributed by atoms with E-state index in [1.807, 2.05) is 12.1 Å². The highest BCUT2D eigenvalue weighted by Gasteiger charge is 2.14. The zero-order chi connectivity index (χ0) is 14.6. The van der Waals surface area contributed by atoms with Crippen LogP contribution in [-0.2, 0) is 23.1 Å². The maximum Gasteiger partial charge on any atom is 0.279 e. The largest absolute Gasteiger partial charge is 0.492 e. The number of nitrogens with one attached hydrogen (secondary N) is 1. The first-order valence-corrected chi connectivity index (χ1v) is 8.35. The molecule has 1 aliphatic carbocycles. The molecule has 5 nitrogen and oxygen atoms in total. The molecule has 0 fully saturated rings. The van der Waals surface area contributed by atoms with Crippen LogP contribution in [0.5, 0.6) is 5.75 Å². The summed E-state index contributed by atoms with van der Waals surface area (Å²) < 4.78 is 32.4. The van der Waals surface area contributed by atoms with Crippen molar-refractivity contribution in [3.63, 3.8) is 0 Å². The molecule has 0 bridgehead atoms. The van der Waals surface area contributed by atoms with Crippen LogP contribution in [0.4, 0.5) is 0 Å². The summed E-state index contributed by atoms with van der Waals surface area (Å²) in [5, 5.41) is 0. The van der Waals surface area contributed by atoms with Gasteiger partial charge < -0.3 is 4.74 Å². The normalized spacial score (nSPS) is 15.2.